The maximum absolute atomic E-state index is 12.5. The van der Waals surface area contributed by atoms with Gasteiger partial charge in [0.25, 0.3) is 0 Å². The highest BCUT2D eigenvalue weighted by Gasteiger charge is 2.46. The van der Waals surface area contributed by atoms with Crippen LogP contribution in [-0.4, -0.2) is 49.1 Å². The van der Waals surface area contributed by atoms with Crippen LogP contribution in [0.3, 0.4) is 0 Å². The molecule has 1 amide bonds. The molecule has 0 radical (unpaired) electrons. The number of anilines is 1. The Kier molecular flexibility index (Phi) is 6.26. The van der Waals surface area contributed by atoms with Crippen LogP contribution < -0.4 is 10.1 Å². The van der Waals surface area contributed by atoms with Gasteiger partial charge in [0, 0.05) is 11.7 Å². The second-order valence-corrected chi connectivity index (χ2v) is 7.01. The molecule has 0 bridgehead atoms. The summed E-state index contributed by atoms with van der Waals surface area (Å²) >= 11 is 0. The molecule has 1 saturated carbocycles. The zero-order valence-corrected chi connectivity index (χ0v) is 15.2. The number of methoxy groups -OCH3 is 1. The van der Waals surface area contributed by atoms with Crippen LogP contribution in [0, 0.1) is 5.92 Å². The minimum atomic E-state index is -2.89. The second kappa shape index (κ2) is 8.65. The fraction of sp³-hybridized carbons (Fsp3) is 0.579. The van der Waals surface area contributed by atoms with Crippen molar-refractivity contribution in [3.8, 4) is 5.75 Å². The van der Waals surface area contributed by atoms with Crippen LogP contribution in [0.1, 0.15) is 32.1 Å². The number of ether oxygens (including phenoxy) is 2. The first-order chi connectivity index (χ1) is 13.0. The van der Waals surface area contributed by atoms with E-state index in [-0.39, 0.29) is 30.2 Å². The van der Waals surface area contributed by atoms with Crippen molar-refractivity contribution in [3.63, 3.8) is 0 Å². The molecule has 1 aliphatic heterocycles. The van der Waals surface area contributed by atoms with Crippen LogP contribution in [0.5, 0.6) is 5.75 Å². The van der Waals surface area contributed by atoms with Crippen LogP contribution in [0.2, 0.25) is 0 Å². The van der Waals surface area contributed by atoms with E-state index in [0.29, 0.717) is 11.6 Å². The Labute approximate surface area is 156 Å². The van der Waals surface area contributed by atoms with Crippen LogP contribution >= 0.6 is 0 Å². The summed E-state index contributed by atoms with van der Waals surface area (Å²) in [6, 6.07) is 5.56. The number of carbonyl (C=O) groups excluding carboxylic acids is 2. The number of halogens is 2. The fourth-order valence-electron chi connectivity index (χ4n) is 4.23. The van der Waals surface area contributed by atoms with E-state index in [4.69, 9.17) is 4.74 Å². The predicted octanol–water partition coefficient (Wildman–Crippen LogP) is 3.03. The molecule has 2 fully saturated rings. The molecule has 1 aromatic rings. The number of nitrogens with zero attached hydrogens (tertiary/aromatic N) is 1. The number of alkyl halides is 2. The quantitative estimate of drug-likeness (QED) is 0.766. The van der Waals surface area contributed by atoms with E-state index >= 15 is 0 Å². The molecule has 1 aliphatic carbocycles. The van der Waals surface area contributed by atoms with Crippen molar-refractivity contribution in [2.45, 2.75) is 50.8 Å². The third kappa shape index (κ3) is 4.74. The standard InChI is InChI=1S/C19H24F2N2O4/c1-26-18(25)16-10-12-4-2-3-5-15(12)23(16)11-17(24)22-13-6-8-14(9-7-13)27-19(20)21/h6-9,12,15-16,19H,2-5,10-11H2,1H3,(H,22,24)/t12-,15+,16+/m1/s1. The average Bonchev–Trinajstić information content (AvgIpc) is 3.01. The van der Waals surface area contributed by atoms with Crippen molar-refractivity contribution in [2.75, 3.05) is 19.0 Å². The summed E-state index contributed by atoms with van der Waals surface area (Å²) in [4.78, 5) is 26.6. The number of benzene rings is 1. The van der Waals surface area contributed by atoms with Crippen LogP contribution in [0.4, 0.5) is 14.5 Å². The van der Waals surface area contributed by atoms with Crippen molar-refractivity contribution in [1.82, 2.24) is 4.90 Å². The van der Waals surface area contributed by atoms with Gasteiger partial charge in [-0.3, -0.25) is 14.5 Å². The maximum Gasteiger partial charge on any atom is 0.387 e. The Hall–Kier alpha value is -2.22. The number of nitrogens with one attached hydrogen (secondary N) is 1. The Morgan fingerprint density at radius 1 is 1.22 bits per heavy atom. The number of amides is 1. The van der Waals surface area contributed by atoms with Crippen LogP contribution in [0.25, 0.3) is 0 Å². The molecule has 3 rings (SSSR count). The highest BCUT2D eigenvalue weighted by Crippen LogP contribution is 2.39. The van der Waals surface area contributed by atoms with Crippen molar-refractivity contribution in [1.29, 1.82) is 0 Å². The smallest absolute Gasteiger partial charge is 0.387 e. The lowest BCUT2D eigenvalue weighted by Gasteiger charge is -2.32. The molecule has 8 heteroatoms. The minimum absolute atomic E-state index is 0.0262. The SMILES string of the molecule is COC(=O)[C@@H]1C[C@H]2CCCC[C@@H]2N1CC(=O)Nc1ccc(OC(F)F)cc1. The van der Waals surface area contributed by atoms with Gasteiger partial charge in [-0.1, -0.05) is 12.8 Å². The Balaban J connectivity index is 1.63. The lowest BCUT2D eigenvalue weighted by Crippen LogP contribution is -2.46. The zero-order chi connectivity index (χ0) is 19.4. The molecule has 0 unspecified atom stereocenters. The number of carbonyl (C=O) groups is 2. The van der Waals surface area contributed by atoms with Crippen LogP contribution in [-0.2, 0) is 14.3 Å². The van der Waals surface area contributed by atoms with E-state index in [1.165, 1.54) is 31.4 Å². The highest BCUT2D eigenvalue weighted by molar-refractivity contribution is 5.92. The summed E-state index contributed by atoms with van der Waals surface area (Å²) in [6.45, 7) is -2.80. The molecular weight excluding hydrogens is 358 g/mol. The Bertz CT molecular complexity index is 668. The van der Waals surface area contributed by atoms with Gasteiger partial charge in [0.1, 0.15) is 11.8 Å². The van der Waals surface area contributed by atoms with Gasteiger partial charge in [-0.2, -0.15) is 8.78 Å². The number of fused-ring (bicyclic) bond motifs is 1. The van der Waals surface area contributed by atoms with E-state index in [9.17, 15) is 18.4 Å². The topological polar surface area (TPSA) is 67.9 Å². The van der Waals surface area contributed by atoms with Crippen LogP contribution in [0.15, 0.2) is 24.3 Å². The van der Waals surface area contributed by atoms with Crippen molar-refractivity contribution in [3.05, 3.63) is 24.3 Å². The van der Waals surface area contributed by atoms with Gasteiger partial charge in [-0.15, -0.1) is 0 Å². The molecular formula is C19H24F2N2O4. The van der Waals surface area contributed by atoms with E-state index < -0.39 is 12.7 Å². The van der Waals surface area contributed by atoms with Gasteiger partial charge in [0.2, 0.25) is 5.91 Å². The molecule has 1 N–H and O–H groups in total. The van der Waals surface area contributed by atoms with Gasteiger partial charge < -0.3 is 14.8 Å². The lowest BCUT2D eigenvalue weighted by atomic mass is 9.85. The average molecular weight is 382 g/mol. The summed E-state index contributed by atoms with van der Waals surface area (Å²) in [6.07, 6.45) is 5.03. The Morgan fingerprint density at radius 3 is 2.59 bits per heavy atom. The van der Waals surface area contributed by atoms with Gasteiger partial charge in [0.05, 0.1) is 13.7 Å². The monoisotopic (exact) mass is 382 g/mol. The summed E-state index contributed by atoms with van der Waals surface area (Å²) < 4.78 is 33.6. The molecule has 148 valence electrons. The second-order valence-electron chi connectivity index (χ2n) is 7.01. The molecule has 0 aromatic heterocycles. The third-order valence-electron chi connectivity index (χ3n) is 5.38. The van der Waals surface area contributed by atoms with E-state index in [1.54, 1.807) is 0 Å². The minimum Gasteiger partial charge on any atom is -0.468 e. The molecule has 6 nitrogen and oxygen atoms in total. The molecule has 27 heavy (non-hydrogen) atoms. The van der Waals surface area contributed by atoms with Gasteiger partial charge in [-0.25, -0.2) is 0 Å². The highest BCUT2D eigenvalue weighted by atomic mass is 19.3. The molecule has 0 spiro atoms. The molecule has 1 heterocycles. The third-order valence-corrected chi connectivity index (χ3v) is 5.38. The van der Waals surface area contributed by atoms with Crippen molar-refractivity contribution < 1.29 is 27.8 Å². The molecule has 3 atom stereocenters. The fourth-order valence-corrected chi connectivity index (χ4v) is 4.23. The van der Waals surface area contributed by atoms with E-state index in [1.807, 2.05) is 4.90 Å². The molecule has 1 aromatic carbocycles. The normalized spacial score (nSPS) is 25.1. The van der Waals surface area contributed by atoms with Crippen molar-refractivity contribution in [2.24, 2.45) is 5.92 Å². The predicted molar refractivity (Wildman–Crippen MR) is 94.6 cm³/mol. The summed E-state index contributed by atoms with van der Waals surface area (Å²) in [5.74, 6) is -0.108. The Morgan fingerprint density at radius 2 is 1.93 bits per heavy atom. The lowest BCUT2D eigenvalue weighted by molar-refractivity contribution is -0.146. The summed E-state index contributed by atoms with van der Waals surface area (Å²) in [5.41, 5.74) is 0.482. The number of hydrogen-bond donors (Lipinski definition) is 1. The number of esters is 1. The first-order valence-electron chi connectivity index (χ1n) is 9.16. The molecule has 1 saturated heterocycles. The number of likely N-dealkylation sites (tertiary alicyclic amines) is 1. The van der Waals surface area contributed by atoms with E-state index in [2.05, 4.69) is 10.1 Å². The summed E-state index contributed by atoms with van der Waals surface area (Å²) in [7, 11) is 1.37. The van der Waals surface area contributed by atoms with Gasteiger partial charge in [-0.05, 0) is 49.4 Å². The van der Waals surface area contributed by atoms with Gasteiger partial charge in [0.15, 0.2) is 0 Å². The largest absolute Gasteiger partial charge is 0.468 e. The molecule has 2 aliphatic rings. The van der Waals surface area contributed by atoms with Gasteiger partial charge >= 0.3 is 12.6 Å². The first kappa shape index (κ1) is 19.5. The van der Waals surface area contributed by atoms with Crippen molar-refractivity contribution >= 4 is 17.6 Å². The zero-order valence-electron chi connectivity index (χ0n) is 15.2. The first-order valence-corrected chi connectivity index (χ1v) is 9.16. The maximum atomic E-state index is 12.5. The number of hydrogen-bond acceptors (Lipinski definition) is 5. The summed E-state index contributed by atoms with van der Waals surface area (Å²) in [5, 5.41) is 2.75. The van der Waals surface area contributed by atoms with E-state index in [0.717, 1.165) is 32.1 Å². The number of rotatable bonds is 6.